The molecule has 2 rings (SSSR count). The van der Waals surface area contributed by atoms with Gasteiger partial charge in [0.25, 0.3) is 0 Å². The first kappa shape index (κ1) is 15.1. The van der Waals surface area contributed by atoms with Crippen molar-refractivity contribution in [3.05, 3.63) is 59.8 Å². The van der Waals surface area contributed by atoms with Crippen LogP contribution < -0.4 is 0 Å². The molecule has 1 atom stereocenters. The summed E-state index contributed by atoms with van der Waals surface area (Å²) < 4.78 is 0. The van der Waals surface area contributed by atoms with Gasteiger partial charge in [-0.2, -0.15) is 0 Å². The maximum Gasteiger partial charge on any atom is 0.00890 e. The minimum absolute atomic E-state index is 0.218. The first-order valence-corrected chi connectivity index (χ1v) is 7.65. The molecule has 0 aromatic heterocycles. The molecule has 0 aromatic rings. The lowest BCUT2D eigenvalue weighted by Crippen LogP contribution is -2.19. The molecule has 1 unspecified atom stereocenters. The molecule has 0 saturated carbocycles. The average Bonchev–Trinajstić information content (AvgIpc) is 2.60. The molecule has 0 nitrogen and oxygen atoms in total. The smallest absolute Gasteiger partial charge is 0.00890 e. The van der Waals surface area contributed by atoms with Crippen molar-refractivity contribution < 1.29 is 0 Å². The molecular formula is C20H28. The maximum absolute atomic E-state index is 2.49. The van der Waals surface area contributed by atoms with Crippen LogP contribution in [0.2, 0.25) is 0 Å². The Morgan fingerprint density at radius 2 is 1.30 bits per heavy atom. The van der Waals surface area contributed by atoms with Crippen LogP contribution in [-0.4, -0.2) is 0 Å². The van der Waals surface area contributed by atoms with Gasteiger partial charge in [0.2, 0.25) is 0 Å². The van der Waals surface area contributed by atoms with Gasteiger partial charge in [-0.05, 0) is 16.4 Å². The fraction of sp³-hybridized carbons (Fsp3) is 0.500. The van der Waals surface area contributed by atoms with E-state index in [2.05, 4.69) is 90.2 Å². The number of rotatable bonds is 1. The van der Waals surface area contributed by atoms with Crippen molar-refractivity contribution in [3.8, 4) is 0 Å². The van der Waals surface area contributed by atoms with Crippen molar-refractivity contribution >= 4 is 0 Å². The monoisotopic (exact) mass is 268 g/mol. The van der Waals surface area contributed by atoms with Crippen molar-refractivity contribution in [1.29, 1.82) is 0 Å². The minimum Gasteiger partial charge on any atom is -0.0767 e. The molecule has 0 amide bonds. The molecule has 2 aliphatic rings. The largest absolute Gasteiger partial charge is 0.0767 e. The van der Waals surface area contributed by atoms with Crippen molar-refractivity contribution in [1.82, 2.24) is 0 Å². The Balaban J connectivity index is 2.40. The third-order valence-electron chi connectivity index (χ3n) is 4.18. The van der Waals surface area contributed by atoms with Crippen LogP contribution in [0.4, 0.5) is 0 Å². The van der Waals surface area contributed by atoms with Gasteiger partial charge in [-0.1, -0.05) is 95.7 Å². The Morgan fingerprint density at radius 3 is 1.75 bits per heavy atom. The molecule has 0 spiro atoms. The summed E-state index contributed by atoms with van der Waals surface area (Å²) in [7, 11) is 0. The standard InChI is InChI=1S/C20H28/c1-19(2,3)16-13-17(18(14-16)20(4,5)6)15-11-9-7-8-10-12-15/h7-15,17H,1-6H3. The van der Waals surface area contributed by atoms with Gasteiger partial charge in [0.05, 0.1) is 0 Å². The fourth-order valence-corrected chi connectivity index (χ4v) is 2.91. The Kier molecular flexibility index (Phi) is 3.95. The SMILES string of the molecule is CC(C)(C)C1=CC(C2C=CC=CC=C2)C(C(C)(C)C)=C1. The highest BCUT2D eigenvalue weighted by molar-refractivity contribution is 5.43. The van der Waals surface area contributed by atoms with Gasteiger partial charge in [-0.25, -0.2) is 0 Å². The van der Waals surface area contributed by atoms with E-state index in [9.17, 15) is 0 Å². The molecule has 2 aliphatic carbocycles. The molecule has 0 N–H and O–H groups in total. The minimum atomic E-state index is 0.218. The summed E-state index contributed by atoms with van der Waals surface area (Å²) in [6, 6.07) is 0. The van der Waals surface area contributed by atoms with E-state index in [1.165, 1.54) is 5.57 Å². The Labute approximate surface area is 124 Å². The molecule has 0 aliphatic heterocycles. The molecule has 0 heterocycles. The van der Waals surface area contributed by atoms with Crippen LogP contribution >= 0.6 is 0 Å². The highest BCUT2D eigenvalue weighted by Crippen LogP contribution is 2.46. The van der Waals surface area contributed by atoms with Crippen molar-refractivity contribution in [2.75, 3.05) is 0 Å². The van der Waals surface area contributed by atoms with Crippen LogP contribution in [0.1, 0.15) is 41.5 Å². The van der Waals surface area contributed by atoms with Gasteiger partial charge in [-0.15, -0.1) is 0 Å². The summed E-state index contributed by atoms with van der Waals surface area (Å²) >= 11 is 0. The second kappa shape index (κ2) is 5.24. The predicted molar refractivity (Wildman–Crippen MR) is 89.5 cm³/mol. The zero-order valence-electron chi connectivity index (χ0n) is 13.8. The second-order valence-electron chi connectivity index (χ2n) is 7.98. The lowest BCUT2D eigenvalue weighted by Gasteiger charge is -2.29. The van der Waals surface area contributed by atoms with Crippen molar-refractivity contribution in [2.24, 2.45) is 22.7 Å². The van der Waals surface area contributed by atoms with Gasteiger partial charge in [0.15, 0.2) is 0 Å². The summed E-state index contributed by atoms with van der Waals surface area (Å²) in [5.74, 6) is 0.965. The molecule has 20 heavy (non-hydrogen) atoms. The van der Waals surface area contributed by atoms with E-state index in [-0.39, 0.29) is 10.8 Å². The summed E-state index contributed by atoms with van der Waals surface area (Å²) in [6.07, 6.45) is 18.2. The van der Waals surface area contributed by atoms with Gasteiger partial charge in [-0.3, -0.25) is 0 Å². The first-order valence-electron chi connectivity index (χ1n) is 7.65. The molecule has 0 aromatic carbocycles. The summed E-state index contributed by atoms with van der Waals surface area (Å²) in [5.41, 5.74) is 3.48. The fourth-order valence-electron chi connectivity index (χ4n) is 2.91. The van der Waals surface area contributed by atoms with Crippen LogP contribution in [0.25, 0.3) is 0 Å². The van der Waals surface area contributed by atoms with Gasteiger partial charge in [0, 0.05) is 11.8 Å². The molecule has 0 saturated heterocycles. The number of hydrogen-bond acceptors (Lipinski definition) is 0. The molecule has 0 fully saturated rings. The topological polar surface area (TPSA) is 0 Å². The molecular weight excluding hydrogens is 240 g/mol. The normalized spacial score (nSPS) is 23.8. The van der Waals surface area contributed by atoms with Crippen LogP contribution in [0.15, 0.2) is 59.8 Å². The number of hydrogen-bond donors (Lipinski definition) is 0. The Hall–Kier alpha value is -1.30. The second-order valence-corrected chi connectivity index (χ2v) is 7.98. The van der Waals surface area contributed by atoms with Crippen molar-refractivity contribution in [3.63, 3.8) is 0 Å². The zero-order valence-corrected chi connectivity index (χ0v) is 13.8. The predicted octanol–water partition coefficient (Wildman–Crippen LogP) is 5.86. The zero-order chi connectivity index (χ0) is 15.0. The highest BCUT2D eigenvalue weighted by Gasteiger charge is 2.34. The first-order chi connectivity index (χ1) is 9.19. The Morgan fingerprint density at radius 1 is 0.750 bits per heavy atom. The van der Waals surface area contributed by atoms with Crippen LogP contribution in [0.5, 0.6) is 0 Å². The molecule has 108 valence electrons. The Bertz CT molecular complexity index is 491. The van der Waals surface area contributed by atoms with Crippen LogP contribution in [0, 0.1) is 22.7 Å². The third kappa shape index (κ3) is 3.23. The van der Waals surface area contributed by atoms with Gasteiger partial charge >= 0.3 is 0 Å². The summed E-state index contributed by atoms with van der Waals surface area (Å²) in [6.45, 7) is 13.9. The maximum atomic E-state index is 2.49. The van der Waals surface area contributed by atoms with Gasteiger partial charge in [0.1, 0.15) is 0 Å². The average molecular weight is 268 g/mol. The lowest BCUT2D eigenvalue weighted by atomic mass is 9.75. The van der Waals surface area contributed by atoms with E-state index >= 15 is 0 Å². The van der Waals surface area contributed by atoms with Crippen molar-refractivity contribution in [2.45, 2.75) is 41.5 Å². The van der Waals surface area contributed by atoms with E-state index < -0.39 is 0 Å². The van der Waals surface area contributed by atoms with Crippen LogP contribution in [-0.2, 0) is 0 Å². The number of allylic oxidation sites excluding steroid dienone is 10. The van der Waals surface area contributed by atoms with E-state index in [4.69, 9.17) is 0 Å². The summed E-state index contributed by atoms with van der Waals surface area (Å²) in [4.78, 5) is 0. The van der Waals surface area contributed by atoms with E-state index in [0.717, 1.165) is 0 Å². The summed E-state index contributed by atoms with van der Waals surface area (Å²) in [5, 5.41) is 0. The molecule has 0 heteroatoms. The highest BCUT2D eigenvalue weighted by atomic mass is 14.4. The lowest BCUT2D eigenvalue weighted by molar-refractivity contribution is 0.435. The third-order valence-corrected chi connectivity index (χ3v) is 4.18. The van der Waals surface area contributed by atoms with Gasteiger partial charge < -0.3 is 0 Å². The van der Waals surface area contributed by atoms with E-state index in [0.29, 0.717) is 11.8 Å². The van der Waals surface area contributed by atoms with Crippen LogP contribution in [0.3, 0.4) is 0 Å². The molecule has 0 bridgehead atoms. The van der Waals surface area contributed by atoms with E-state index in [1.807, 2.05) is 0 Å². The quantitative estimate of drug-likeness (QED) is 0.559. The van der Waals surface area contributed by atoms with E-state index in [1.54, 1.807) is 5.57 Å². The molecule has 0 radical (unpaired) electrons.